The molecule has 1 aliphatic heterocycles. The molecular formula is C17H29ClN4O. The highest BCUT2D eigenvalue weighted by Gasteiger charge is 2.43. The van der Waals surface area contributed by atoms with E-state index in [1.165, 1.54) is 0 Å². The van der Waals surface area contributed by atoms with E-state index in [0.717, 1.165) is 44.5 Å². The Bertz CT molecular complexity index is 555. The van der Waals surface area contributed by atoms with Crippen LogP contribution >= 0.6 is 12.4 Å². The number of aryl methyl sites for hydroxylation is 1. The third-order valence-electron chi connectivity index (χ3n) is 5.63. The maximum absolute atomic E-state index is 12.8. The molecule has 1 saturated heterocycles. The van der Waals surface area contributed by atoms with E-state index in [4.69, 9.17) is 5.73 Å². The molecule has 3 unspecified atom stereocenters. The topological polar surface area (TPSA) is 64.2 Å². The molecule has 0 aromatic carbocycles. The largest absolute Gasteiger partial charge is 0.337 e. The summed E-state index contributed by atoms with van der Waals surface area (Å²) in [6.45, 7) is 8.03. The molecule has 0 bridgehead atoms. The Labute approximate surface area is 145 Å². The molecule has 3 atom stereocenters. The predicted molar refractivity (Wildman–Crippen MR) is 93.9 cm³/mol. The van der Waals surface area contributed by atoms with E-state index in [1.807, 2.05) is 22.6 Å². The molecule has 2 aliphatic rings. The summed E-state index contributed by atoms with van der Waals surface area (Å²) in [5.41, 5.74) is 7.84. The minimum atomic E-state index is 0. The highest BCUT2D eigenvalue weighted by molar-refractivity contribution is 5.92. The van der Waals surface area contributed by atoms with E-state index in [-0.39, 0.29) is 24.4 Å². The van der Waals surface area contributed by atoms with Crippen molar-refractivity contribution in [2.75, 3.05) is 13.1 Å². The summed E-state index contributed by atoms with van der Waals surface area (Å²) in [6.07, 6.45) is 4.35. The van der Waals surface area contributed by atoms with Gasteiger partial charge < -0.3 is 10.6 Å². The van der Waals surface area contributed by atoms with Crippen LogP contribution in [0, 0.1) is 18.8 Å². The van der Waals surface area contributed by atoms with Crippen LogP contribution < -0.4 is 5.73 Å². The summed E-state index contributed by atoms with van der Waals surface area (Å²) in [5, 5.41) is 4.60. The second-order valence-electron chi connectivity index (χ2n) is 6.96. The number of rotatable bonds is 4. The summed E-state index contributed by atoms with van der Waals surface area (Å²) < 4.78 is 2.02. The van der Waals surface area contributed by atoms with Gasteiger partial charge in [0.25, 0.3) is 5.91 Å². The highest BCUT2D eigenvalue weighted by atomic mass is 35.5. The molecule has 5 nitrogen and oxygen atoms in total. The first-order valence-corrected chi connectivity index (χ1v) is 8.66. The van der Waals surface area contributed by atoms with Crippen LogP contribution in [0.5, 0.6) is 0 Å². The molecule has 0 spiro atoms. The van der Waals surface area contributed by atoms with Gasteiger partial charge >= 0.3 is 0 Å². The van der Waals surface area contributed by atoms with Gasteiger partial charge in [0.1, 0.15) is 0 Å². The number of halogens is 1. The van der Waals surface area contributed by atoms with Crippen LogP contribution in [-0.2, 0) is 0 Å². The Hall–Kier alpha value is -1.07. The van der Waals surface area contributed by atoms with E-state index in [2.05, 4.69) is 18.9 Å². The number of nitrogens with zero attached hydrogens (tertiary/aromatic N) is 3. The molecule has 2 heterocycles. The number of amides is 1. The van der Waals surface area contributed by atoms with Crippen LogP contribution in [0.4, 0.5) is 0 Å². The number of likely N-dealkylation sites (tertiary alicyclic amines) is 1. The Balaban J connectivity index is 0.00000192. The molecular weight excluding hydrogens is 312 g/mol. The van der Waals surface area contributed by atoms with Crippen molar-refractivity contribution >= 4 is 18.3 Å². The van der Waals surface area contributed by atoms with Gasteiger partial charge in [-0.1, -0.05) is 13.8 Å². The van der Waals surface area contributed by atoms with Gasteiger partial charge in [0, 0.05) is 24.8 Å². The normalized spacial score (nSPS) is 26.5. The molecule has 1 saturated carbocycles. The summed E-state index contributed by atoms with van der Waals surface area (Å²) in [6, 6.07) is 2.59. The molecule has 3 rings (SSSR count). The fraction of sp³-hybridized carbons (Fsp3) is 0.765. The third-order valence-corrected chi connectivity index (χ3v) is 5.63. The lowest BCUT2D eigenvalue weighted by Crippen LogP contribution is -2.33. The molecule has 1 aromatic rings. The SMILES string of the molecule is CCC(CC)n1nc(C(=O)N2CC3CCC(N)C3C2)cc1C.Cl. The van der Waals surface area contributed by atoms with E-state index in [9.17, 15) is 4.79 Å². The fourth-order valence-corrected chi connectivity index (χ4v) is 4.23. The van der Waals surface area contributed by atoms with Crippen LogP contribution in [0.1, 0.15) is 61.8 Å². The zero-order valence-electron chi connectivity index (χ0n) is 14.4. The maximum atomic E-state index is 12.8. The molecule has 1 aromatic heterocycles. The van der Waals surface area contributed by atoms with Crippen LogP contribution in [-0.4, -0.2) is 39.7 Å². The molecule has 130 valence electrons. The highest BCUT2D eigenvalue weighted by Crippen LogP contribution is 2.37. The number of nitrogens with two attached hydrogens (primary N) is 1. The first-order chi connectivity index (χ1) is 10.5. The smallest absolute Gasteiger partial charge is 0.274 e. The van der Waals surface area contributed by atoms with Crippen molar-refractivity contribution < 1.29 is 4.79 Å². The van der Waals surface area contributed by atoms with Crippen molar-refractivity contribution in [3.05, 3.63) is 17.5 Å². The first kappa shape index (κ1) is 18.3. The van der Waals surface area contributed by atoms with Crippen molar-refractivity contribution in [2.24, 2.45) is 17.6 Å². The molecule has 2 fully saturated rings. The molecule has 6 heteroatoms. The van der Waals surface area contributed by atoms with Gasteiger partial charge in [0.05, 0.1) is 6.04 Å². The lowest BCUT2D eigenvalue weighted by atomic mass is 9.98. The standard InChI is InChI=1S/C17H28N4O.ClH/c1-4-13(5-2)21-11(3)8-16(19-21)17(22)20-9-12-6-7-15(18)14(12)10-20;/h8,12-15H,4-7,9-10,18H2,1-3H3;1H. The summed E-state index contributed by atoms with van der Waals surface area (Å²) in [7, 11) is 0. The predicted octanol–water partition coefficient (Wildman–Crippen LogP) is 2.78. The van der Waals surface area contributed by atoms with Crippen molar-refractivity contribution in [1.82, 2.24) is 14.7 Å². The lowest BCUT2D eigenvalue weighted by Gasteiger charge is -2.18. The number of carbonyl (C=O) groups excluding carboxylic acids is 1. The monoisotopic (exact) mass is 340 g/mol. The number of fused-ring (bicyclic) bond motifs is 1. The van der Waals surface area contributed by atoms with Gasteiger partial charge in [-0.2, -0.15) is 5.10 Å². The van der Waals surface area contributed by atoms with Gasteiger partial charge in [-0.3, -0.25) is 9.48 Å². The zero-order valence-corrected chi connectivity index (χ0v) is 15.2. The van der Waals surface area contributed by atoms with E-state index in [0.29, 0.717) is 23.6 Å². The minimum Gasteiger partial charge on any atom is -0.337 e. The third kappa shape index (κ3) is 3.26. The minimum absolute atomic E-state index is 0. The molecule has 1 amide bonds. The Kier molecular flexibility index (Phi) is 5.74. The van der Waals surface area contributed by atoms with Crippen LogP contribution in [0.2, 0.25) is 0 Å². The average molecular weight is 341 g/mol. The van der Waals surface area contributed by atoms with Gasteiger partial charge in [-0.15, -0.1) is 12.4 Å². The lowest BCUT2D eigenvalue weighted by molar-refractivity contribution is 0.0772. The van der Waals surface area contributed by atoms with Gasteiger partial charge in [-0.05, 0) is 50.5 Å². The summed E-state index contributed by atoms with van der Waals surface area (Å²) >= 11 is 0. The number of hydrogen-bond donors (Lipinski definition) is 1. The quantitative estimate of drug-likeness (QED) is 0.916. The Morgan fingerprint density at radius 3 is 2.65 bits per heavy atom. The van der Waals surface area contributed by atoms with Crippen molar-refractivity contribution in [2.45, 2.75) is 58.5 Å². The Morgan fingerprint density at radius 1 is 1.35 bits per heavy atom. The molecule has 2 N–H and O–H groups in total. The van der Waals surface area contributed by atoms with Gasteiger partial charge in [0.15, 0.2) is 5.69 Å². The van der Waals surface area contributed by atoms with E-state index >= 15 is 0 Å². The average Bonchev–Trinajstić information content (AvgIpc) is 3.17. The Morgan fingerprint density at radius 2 is 2.04 bits per heavy atom. The van der Waals surface area contributed by atoms with Crippen molar-refractivity contribution in [3.63, 3.8) is 0 Å². The fourth-order valence-electron chi connectivity index (χ4n) is 4.23. The zero-order chi connectivity index (χ0) is 15.9. The molecule has 0 radical (unpaired) electrons. The van der Waals surface area contributed by atoms with Crippen LogP contribution in [0.3, 0.4) is 0 Å². The summed E-state index contributed by atoms with van der Waals surface area (Å²) in [4.78, 5) is 14.7. The van der Waals surface area contributed by atoms with E-state index < -0.39 is 0 Å². The van der Waals surface area contributed by atoms with Crippen molar-refractivity contribution in [3.8, 4) is 0 Å². The van der Waals surface area contributed by atoms with Crippen LogP contribution in [0.25, 0.3) is 0 Å². The first-order valence-electron chi connectivity index (χ1n) is 8.66. The second-order valence-corrected chi connectivity index (χ2v) is 6.96. The molecule has 1 aliphatic carbocycles. The number of hydrogen-bond acceptors (Lipinski definition) is 3. The molecule has 23 heavy (non-hydrogen) atoms. The maximum Gasteiger partial charge on any atom is 0.274 e. The number of carbonyl (C=O) groups is 1. The van der Waals surface area contributed by atoms with Crippen molar-refractivity contribution in [1.29, 1.82) is 0 Å². The van der Waals surface area contributed by atoms with Gasteiger partial charge in [-0.25, -0.2) is 0 Å². The summed E-state index contributed by atoms with van der Waals surface area (Å²) in [5.74, 6) is 1.17. The number of aromatic nitrogens is 2. The van der Waals surface area contributed by atoms with E-state index in [1.54, 1.807) is 0 Å². The second kappa shape index (κ2) is 7.22. The van der Waals surface area contributed by atoms with Crippen LogP contribution in [0.15, 0.2) is 6.07 Å². The van der Waals surface area contributed by atoms with Gasteiger partial charge in [0.2, 0.25) is 0 Å².